The van der Waals surface area contributed by atoms with Crippen molar-refractivity contribution in [3.63, 3.8) is 0 Å². The lowest BCUT2D eigenvalue weighted by molar-refractivity contribution is 0.332. The van der Waals surface area contributed by atoms with Crippen molar-refractivity contribution in [2.45, 2.75) is 115 Å². The Balaban J connectivity index is 1.21. The Labute approximate surface area is 411 Å². The number of nitrogens with zero attached hydrogens (tertiary/aromatic N) is 2. The topological polar surface area (TPSA) is 6.48 Å². The van der Waals surface area contributed by atoms with Crippen LogP contribution in [-0.4, -0.2) is 6.85 Å². The Morgan fingerprint density at radius 3 is 1.62 bits per heavy atom. The van der Waals surface area contributed by atoms with E-state index in [2.05, 4.69) is 242 Å². The van der Waals surface area contributed by atoms with Crippen LogP contribution in [0.5, 0.6) is 0 Å². The van der Waals surface area contributed by atoms with Crippen molar-refractivity contribution in [1.29, 1.82) is 0 Å². The van der Waals surface area contributed by atoms with Crippen molar-refractivity contribution in [1.82, 2.24) is 0 Å². The molecule has 2 aliphatic carbocycles. The summed E-state index contributed by atoms with van der Waals surface area (Å²) in [5, 5.41) is 0. The van der Waals surface area contributed by atoms with Crippen molar-refractivity contribution < 1.29 is 0 Å². The summed E-state index contributed by atoms with van der Waals surface area (Å²) in [6, 6.07) is 66.3. The minimum Gasteiger partial charge on any atom is -0.376 e. The summed E-state index contributed by atoms with van der Waals surface area (Å²) in [6.45, 7) is 22.0. The highest BCUT2D eigenvalue weighted by Gasteiger charge is 2.54. The van der Waals surface area contributed by atoms with Crippen LogP contribution in [0.4, 0.5) is 28.4 Å². The van der Waals surface area contributed by atoms with Gasteiger partial charge in [-0.3, -0.25) is 0 Å². The second-order valence-electron chi connectivity index (χ2n) is 23.8. The predicted molar refractivity (Wildman–Crippen MR) is 293 cm³/mol. The molecule has 2 nitrogen and oxygen atoms in total. The molecule has 0 bridgehead atoms. The van der Waals surface area contributed by atoms with E-state index in [-0.39, 0.29) is 28.5 Å². The van der Waals surface area contributed by atoms with Crippen molar-refractivity contribution in [2.24, 2.45) is 0 Å². The fraction of sp³-hybridized carbons (Fsp3) is 0.273. The first kappa shape index (κ1) is 42.5. The molecule has 0 saturated carbocycles. The standard InChI is InChI=1S/C66H63BN2/c1-42-21-16-17-26-47(42)43-37-49-48-27-20-29-52-61(48)69(57-30-19-18-28-51(57)66(52,44-22-12-10-13-23-44)45-24-14-11-15-25-45)67-56-40-54-55(65(8,9)36-35-64(54,6)7)41-58(56)68(59(38-43)60(49)67)46-31-32-50-53(39-46)63(4,5)34-33-62(50,2)3/h10-32,37-41H,33-36H2,1-9H3. The summed E-state index contributed by atoms with van der Waals surface area (Å²) in [7, 11) is 0. The normalized spacial score (nSPS) is 18.8. The van der Waals surface area contributed by atoms with E-state index in [0.29, 0.717) is 0 Å². The first-order valence-corrected chi connectivity index (χ1v) is 25.6. The van der Waals surface area contributed by atoms with Gasteiger partial charge in [-0.15, -0.1) is 0 Å². The van der Waals surface area contributed by atoms with E-state index in [1.807, 2.05) is 0 Å². The highest BCUT2D eigenvalue weighted by molar-refractivity contribution is 6.93. The monoisotopic (exact) mass is 895 g/mol. The molecule has 340 valence electrons. The number of para-hydroxylation sites is 2. The number of aryl methyl sites for hydroxylation is 1. The van der Waals surface area contributed by atoms with Crippen LogP contribution >= 0.6 is 0 Å². The number of hydrogen-bond acceptors (Lipinski definition) is 2. The van der Waals surface area contributed by atoms with E-state index in [1.54, 1.807) is 0 Å². The van der Waals surface area contributed by atoms with E-state index in [4.69, 9.17) is 0 Å². The molecule has 0 aromatic heterocycles. The smallest absolute Gasteiger partial charge is 0.333 e. The van der Waals surface area contributed by atoms with E-state index in [0.717, 1.165) is 12.8 Å². The van der Waals surface area contributed by atoms with E-state index >= 15 is 0 Å². The molecule has 0 radical (unpaired) electrons. The molecule has 13 rings (SSSR count). The van der Waals surface area contributed by atoms with Gasteiger partial charge in [0, 0.05) is 34.0 Å². The van der Waals surface area contributed by atoms with Gasteiger partial charge < -0.3 is 9.71 Å². The SMILES string of the molecule is Cc1ccccc1-c1cc2c3c(c1)N(c1ccc4c(c1)C(C)(C)CCC4(C)C)c1cc4c(cc1B3N1c3ccccc3C(c3ccccc3)(c3ccccc3)c3cccc-2c31)C(C)(C)CCC4(C)C. The van der Waals surface area contributed by atoms with Crippen molar-refractivity contribution in [3.8, 4) is 22.3 Å². The Morgan fingerprint density at radius 1 is 0.406 bits per heavy atom. The van der Waals surface area contributed by atoms with Crippen LogP contribution in [0.3, 0.4) is 0 Å². The van der Waals surface area contributed by atoms with E-state index < -0.39 is 5.41 Å². The average molecular weight is 895 g/mol. The average Bonchev–Trinajstić information content (AvgIpc) is 3.35. The molecule has 8 aromatic rings. The highest BCUT2D eigenvalue weighted by Crippen LogP contribution is 2.61. The van der Waals surface area contributed by atoms with Crippen molar-refractivity contribution in [3.05, 3.63) is 220 Å². The van der Waals surface area contributed by atoms with E-state index in [9.17, 15) is 0 Å². The molecule has 0 spiro atoms. The van der Waals surface area contributed by atoms with Crippen LogP contribution in [0.2, 0.25) is 0 Å². The molecule has 0 saturated heterocycles. The van der Waals surface area contributed by atoms with Gasteiger partial charge >= 0.3 is 6.85 Å². The predicted octanol–water partition coefficient (Wildman–Crippen LogP) is 15.8. The zero-order valence-electron chi connectivity index (χ0n) is 42.0. The van der Waals surface area contributed by atoms with Gasteiger partial charge in [0.15, 0.2) is 0 Å². The Morgan fingerprint density at radius 2 is 0.957 bits per heavy atom. The number of benzene rings is 8. The zero-order valence-corrected chi connectivity index (χ0v) is 42.0. The first-order chi connectivity index (χ1) is 33.1. The third-order valence-electron chi connectivity index (χ3n) is 18.0. The minimum atomic E-state index is -0.565. The Kier molecular flexibility index (Phi) is 8.93. The third kappa shape index (κ3) is 5.86. The molecular weight excluding hydrogens is 832 g/mol. The number of hydrogen-bond donors (Lipinski definition) is 0. The summed E-state index contributed by atoms with van der Waals surface area (Å²) in [6.07, 6.45) is 4.68. The van der Waals surface area contributed by atoms with Gasteiger partial charge in [0.25, 0.3) is 0 Å². The third-order valence-corrected chi connectivity index (χ3v) is 18.0. The largest absolute Gasteiger partial charge is 0.376 e. The first-order valence-electron chi connectivity index (χ1n) is 25.6. The van der Waals surface area contributed by atoms with Gasteiger partial charge in [0.05, 0.1) is 5.41 Å². The number of fused-ring (bicyclic) bond motifs is 8. The maximum atomic E-state index is 2.80. The van der Waals surface area contributed by atoms with Crippen LogP contribution in [0.15, 0.2) is 170 Å². The summed E-state index contributed by atoms with van der Waals surface area (Å²) in [4.78, 5) is 5.51. The molecule has 0 N–H and O–H groups in total. The summed E-state index contributed by atoms with van der Waals surface area (Å²) in [5.41, 5.74) is 26.5. The lowest BCUT2D eigenvalue weighted by atomic mass is 9.41. The summed E-state index contributed by atoms with van der Waals surface area (Å²) >= 11 is 0. The lowest BCUT2D eigenvalue weighted by Gasteiger charge is -2.53. The van der Waals surface area contributed by atoms with Crippen LogP contribution in [0, 0.1) is 6.92 Å². The second kappa shape index (κ2) is 14.5. The second-order valence-corrected chi connectivity index (χ2v) is 23.8. The Hall–Kier alpha value is -6.58. The van der Waals surface area contributed by atoms with Gasteiger partial charge in [-0.05, 0) is 168 Å². The summed E-state index contributed by atoms with van der Waals surface area (Å²) in [5.74, 6) is 0. The molecule has 0 atom stereocenters. The van der Waals surface area contributed by atoms with Crippen LogP contribution in [-0.2, 0) is 27.1 Å². The molecule has 69 heavy (non-hydrogen) atoms. The molecule has 3 heteroatoms. The molecule has 0 fully saturated rings. The molecule has 8 aromatic carbocycles. The van der Waals surface area contributed by atoms with Crippen LogP contribution < -0.4 is 20.6 Å². The van der Waals surface area contributed by atoms with Crippen LogP contribution in [0.1, 0.15) is 131 Å². The quantitative estimate of drug-likeness (QED) is 0.162. The lowest BCUT2D eigenvalue weighted by Crippen LogP contribution is -2.63. The zero-order chi connectivity index (χ0) is 47.4. The fourth-order valence-electron chi connectivity index (χ4n) is 14.0. The minimum absolute atomic E-state index is 0.0247. The molecular formula is C66H63BN2. The fourth-order valence-corrected chi connectivity index (χ4v) is 14.0. The molecule has 3 heterocycles. The van der Waals surface area contributed by atoms with Gasteiger partial charge in [0.1, 0.15) is 0 Å². The summed E-state index contributed by atoms with van der Waals surface area (Å²) < 4.78 is 0. The van der Waals surface area contributed by atoms with Gasteiger partial charge in [0.2, 0.25) is 0 Å². The molecule has 5 aliphatic rings. The van der Waals surface area contributed by atoms with Crippen molar-refractivity contribution in [2.75, 3.05) is 9.71 Å². The maximum absolute atomic E-state index is 2.80. The molecule has 3 aliphatic heterocycles. The van der Waals surface area contributed by atoms with E-state index in [1.165, 1.54) is 125 Å². The molecule has 0 amide bonds. The van der Waals surface area contributed by atoms with Gasteiger partial charge in [-0.1, -0.05) is 189 Å². The molecule has 0 unspecified atom stereocenters. The number of rotatable bonds is 4. The van der Waals surface area contributed by atoms with Crippen molar-refractivity contribution >= 4 is 46.2 Å². The highest BCUT2D eigenvalue weighted by atomic mass is 15.2. The van der Waals surface area contributed by atoms with Crippen LogP contribution in [0.25, 0.3) is 22.3 Å². The Bertz CT molecular complexity index is 3390. The number of anilines is 5. The maximum Gasteiger partial charge on any atom is 0.333 e. The van der Waals surface area contributed by atoms with Gasteiger partial charge in [-0.25, -0.2) is 0 Å². The van der Waals surface area contributed by atoms with Gasteiger partial charge in [-0.2, -0.15) is 0 Å².